The van der Waals surface area contributed by atoms with Crippen LogP contribution in [0.25, 0.3) is 10.9 Å². The van der Waals surface area contributed by atoms with E-state index in [1.54, 1.807) is 36.5 Å². The first-order valence-electron chi connectivity index (χ1n) is 5.92. The van der Waals surface area contributed by atoms with E-state index < -0.39 is 0 Å². The number of nitrogens with two attached hydrogens (primary N) is 1. The second kappa shape index (κ2) is 4.96. The van der Waals surface area contributed by atoms with Gasteiger partial charge in [-0.05, 0) is 30.3 Å². The smallest absolute Gasteiger partial charge is 0.195 e. The van der Waals surface area contributed by atoms with E-state index in [0.717, 1.165) is 15.4 Å². The van der Waals surface area contributed by atoms with Gasteiger partial charge in [-0.15, -0.1) is 0 Å². The summed E-state index contributed by atoms with van der Waals surface area (Å²) in [7, 11) is 0. The van der Waals surface area contributed by atoms with Gasteiger partial charge in [0.05, 0.1) is 0 Å². The van der Waals surface area contributed by atoms with Crippen LogP contribution in [0.15, 0.2) is 47.1 Å². The van der Waals surface area contributed by atoms with Crippen LogP contribution in [0.1, 0.15) is 15.9 Å². The van der Waals surface area contributed by atoms with Crippen molar-refractivity contribution in [3.63, 3.8) is 0 Å². The second-order valence-electron chi connectivity index (χ2n) is 4.49. The van der Waals surface area contributed by atoms with E-state index in [-0.39, 0.29) is 5.78 Å². The van der Waals surface area contributed by atoms with Gasteiger partial charge in [-0.2, -0.15) is 0 Å². The number of carbonyl (C=O) groups excluding carboxylic acids is 1. The maximum Gasteiger partial charge on any atom is 0.195 e. The first kappa shape index (κ1) is 13.2. The highest BCUT2D eigenvalue weighted by Crippen LogP contribution is 2.26. The lowest BCUT2D eigenvalue weighted by Crippen LogP contribution is -2.01. The van der Waals surface area contributed by atoms with Crippen molar-refractivity contribution in [3.8, 4) is 0 Å². The maximum atomic E-state index is 12.6. The molecule has 1 aromatic heterocycles. The summed E-state index contributed by atoms with van der Waals surface area (Å²) in [4.78, 5) is 15.6. The number of fused-ring (bicyclic) bond motifs is 1. The Morgan fingerprint density at radius 1 is 1.20 bits per heavy atom. The number of hydrogen-bond acceptors (Lipinski definition) is 2. The number of halogens is 2. The summed E-state index contributed by atoms with van der Waals surface area (Å²) < 4.78 is 0.781. The van der Waals surface area contributed by atoms with E-state index in [9.17, 15) is 4.79 Å². The standard InChI is InChI=1S/C15H10BrClN2O/c16-9-3-8(4-11(18)5-9)15(20)13-7-19-14-6-10(17)1-2-12(13)14/h1-7,19H,18H2. The van der Waals surface area contributed by atoms with Crippen molar-refractivity contribution >= 4 is 49.9 Å². The lowest BCUT2D eigenvalue weighted by Gasteiger charge is -2.03. The summed E-state index contributed by atoms with van der Waals surface area (Å²) in [6.45, 7) is 0. The van der Waals surface area contributed by atoms with Gasteiger partial charge in [-0.1, -0.05) is 33.6 Å². The minimum absolute atomic E-state index is 0.0772. The van der Waals surface area contributed by atoms with Gasteiger partial charge in [0.25, 0.3) is 0 Å². The fourth-order valence-corrected chi connectivity index (χ4v) is 2.87. The van der Waals surface area contributed by atoms with E-state index in [2.05, 4.69) is 20.9 Å². The van der Waals surface area contributed by atoms with E-state index in [1.807, 2.05) is 6.07 Å². The Hall–Kier alpha value is -1.78. The number of carbonyl (C=O) groups is 1. The average molecular weight is 350 g/mol. The lowest BCUT2D eigenvalue weighted by molar-refractivity contribution is 0.104. The molecule has 1 heterocycles. The van der Waals surface area contributed by atoms with Crippen LogP contribution in [-0.2, 0) is 0 Å². The molecule has 0 aliphatic heterocycles. The quantitative estimate of drug-likeness (QED) is 0.532. The lowest BCUT2D eigenvalue weighted by atomic mass is 10.0. The SMILES string of the molecule is Nc1cc(Br)cc(C(=O)c2c[nH]c3cc(Cl)ccc23)c1. The highest BCUT2D eigenvalue weighted by Gasteiger charge is 2.15. The predicted octanol–water partition coefficient (Wildman–Crippen LogP) is 4.40. The molecule has 0 atom stereocenters. The van der Waals surface area contributed by atoms with Crippen LogP contribution in [0.4, 0.5) is 5.69 Å². The normalized spacial score (nSPS) is 10.9. The summed E-state index contributed by atoms with van der Waals surface area (Å²) in [6.07, 6.45) is 1.69. The molecule has 3 nitrogen and oxygen atoms in total. The molecule has 0 saturated carbocycles. The van der Waals surface area contributed by atoms with Gasteiger partial charge in [0, 0.05) is 43.4 Å². The fraction of sp³-hybridized carbons (Fsp3) is 0. The third-order valence-electron chi connectivity index (χ3n) is 3.07. The van der Waals surface area contributed by atoms with Crippen LogP contribution in [0, 0.1) is 0 Å². The van der Waals surface area contributed by atoms with Gasteiger partial charge in [0.2, 0.25) is 0 Å². The van der Waals surface area contributed by atoms with Gasteiger partial charge >= 0.3 is 0 Å². The minimum atomic E-state index is -0.0772. The van der Waals surface area contributed by atoms with E-state index in [0.29, 0.717) is 21.8 Å². The topological polar surface area (TPSA) is 58.9 Å². The molecule has 20 heavy (non-hydrogen) atoms. The summed E-state index contributed by atoms with van der Waals surface area (Å²) >= 11 is 9.28. The number of ketones is 1. The van der Waals surface area contributed by atoms with Crippen molar-refractivity contribution in [3.05, 3.63) is 63.2 Å². The van der Waals surface area contributed by atoms with Crippen molar-refractivity contribution in [2.24, 2.45) is 0 Å². The Kier molecular flexibility index (Phi) is 3.28. The van der Waals surface area contributed by atoms with E-state index in [4.69, 9.17) is 17.3 Å². The van der Waals surface area contributed by atoms with Crippen LogP contribution in [-0.4, -0.2) is 10.8 Å². The monoisotopic (exact) mass is 348 g/mol. The Morgan fingerprint density at radius 2 is 2.00 bits per heavy atom. The number of hydrogen-bond donors (Lipinski definition) is 2. The Morgan fingerprint density at radius 3 is 2.75 bits per heavy atom. The largest absolute Gasteiger partial charge is 0.399 e. The van der Waals surface area contributed by atoms with Crippen molar-refractivity contribution in [2.45, 2.75) is 0 Å². The summed E-state index contributed by atoms with van der Waals surface area (Å²) in [5.41, 5.74) is 8.31. The van der Waals surface area contributed by atoms with Gasteiger partial charge < -0.3 is 10.7 Å². The van der Waals surface area contributed by atoms with Crippen LogP contribution in [0.3, 0.4) is 0 Å². The molecule has 0 fully saturated rings. The molecule has 100 valence electrons. The Bertz CT molecular complexity index is 806. The molecule has 0 spiro atoms. The number of H-pyrrole nitrogens is 1. The second-order valence-corrected chi connectivity index (χ2v) is 5.85. The molecule has 3 aromatic rings. The Balaban J connectivity index is 2.12. The maximum absolute atomic E-state index is 12.6. The van der Waals surface area contributed by atoms with Gasteiger partial charge in [-0.3, -0.25) is 4.79 Å². The molecule has 5 heteroatoms. The number of nitrogens with one attached hydrogen (secondary N) is 1. The average Bonchev–Trinajstić information content (AvgIpc) is 2.79. The molecule has 0 aliphatic carbocycles. The molecule has 0 saturated heterocycles. The molecule has 0 radical (unpaired) electrons. The zero-order chi connectivity index (χ0) is 14.3. The summed E-state index contributed by atoms with van der Waals surface area (Å²) in [6, 6.07) is 10.6. The first-order chi connectivity index (χ1) is 9.54. The molecule has 3 rings (SSSR count). The molecule has 0 unspecified atom stereocenters. The Labute approximate surface area is 128 Å². The number of anilines is 1. The van der Waals surface area contributed by atoms with Crippen LogP contribution < -0.4 is 5.73 Å². The summed E-state index contributed by atoms with van der Waals surface area (Å²) in [5.74, 6) is -0.0772. The highest BCUT2D eigenvalue weighted by atomic mass is 79.9. The number of benzene rings is 2. The van der Waals surface area contributed by atoms with E-state index >= 15 is 0 Å². The molecule has 0 amide bonds. The molecular formula is C15H10BrClN2O. The van der Waals surface area contributed by atoms with Crippen LogP contribution in [0.2, 0.25) is 5.02 Å². The molecule has 0 aliphatic rings. The molecule has 3 N–H and O–H groups in total. The third kappa shape index (κ3) is 2.32. The van der Waals surface area contributed by atoms with Crippen molar-refractivity contribution < 1.29 is 4.79 Å². The minimum Gasteiger partial charge on any atom is -0.399 e. The van der Waals surface area contributed by atoms with Crippen LogP contribution in [0.5, 0.6) is 0 Å². The van der Waals surface area contributed by atoms with Gasteiger partial charge in [0.1, 0.15) is 0 Å². The number of aromatic nitrogens is 1. The predicted molar refractivity (Wildman–Crippen MR) is 85.3 cm³/mol. The van der Waals surface area contributed by atoms with Crippen molar-refractivity contribution in [1.29, 1.82) is 0 Å². The van der Waals surface area contributed by atoms with Crippen molar-refractivity contribution in [1.82, 2.24) is 4.98 Å². The van der Waals surface area contributed by atoms with E-state index in [1.165, 1.54) is 0 Å². The summed E-state index contributed by atoms with van der Waals surface area (Å²) in [5, 5.41) is 1.47. The molecular weight excluding hydrogens is 340 g/mol. The zero-order valence-corrected chi connectivity index (χ0v) is 12.6. The van der Waals surface area contributed by atoms with Crippen LogP contribution >= 0.6 is 27.5 Å². The first-order valence-corrected chi connectivity index (χ1v) is 7.09. The number of aromatic amines is 1. The zero-order valence-electron chi connectivity index (χ0n) is 10.3. The van der Waals surface area contributed by atoms with Crippen molar-refractivity contribution in [2.75, 3.05) is 5.73 Å². The molecule has 2 aromatic carbocycles. The fourth-order valence-electron chi connectivity index (χ4n) is 2.19. The molecule has 0 bridgehead atoms. The third-order valence-corrected chi connectivity index (χ3v) is 3.76. The highest BCUT2D eigenvalue weighted by molar-refractivity contribution is 9.10. The number of rotatable bonds is 2. The van der Waals surface area contributed by atoms with Gasteiger partial charge in [-0.25, -0.2) is 0 Å². The van der Waals surface area contributed by atoms with Gasteiger partial charge in [0.15, 0.2) is 5.78 Å². The number of nitrogen functional groups attached to an aromatic ring is 1.